The summed E-state index contributed by atoms with van der Waals surface area (Å²) in [5.41, 5.74) is 2.84. The minimum atomic E-state index is -1.03. The third-order valence-electron chi connectivity index (χ3n) is 4.10. The summed E-state index contributed by atoms with van der Waals surface area (Å²) in [7, 11) is 0. The first-order valence-electron chi connectivity index (χ1n) is 7.29. The highest BCUT2D eigenvalue weighted by Crippen LogP contribution is 2.24. The Kier molecular flexibility index (Phi) is 3.80. The van der Waals surface area contributed by atoms with Crippen LogP contribution in [0.5, 0.6) is 0 Å². The molecule has 3 rings (SSSR count). The van der Waals surface area contributed by atoms with Gasteiger partial charge in [0.05, 0.1) is 6.04 Å². The van der Waals surface area contributed by atoms with Crippen LogP contribution < -0.4 is 5.32 Å². The van der Waals surface area contributed by atoms with Gasteiger partial charge in [0.2, 0.25) is 5.76 Å². The monoisotopic (exact) mass is 285 g/mol. The van der Waals surface area contributed by atoms with Crippen molar-refractivity contribution in [1.29, 1.82) is 0 Å². The molecule has 4 nitrogen and oxygen atoms in total. The fraction of sp³-hybridized carbons (Fsp3) is 0.353. The SMILES string of the molecule is CC(NC1CCc2ccccc2C1)c1ccc(C(=O)O)o1. The molecule has 1 aliphatic rings. The topological polar surface area (TPSA) is 62.5 Å². The quantitative estimate of drug-likeness (QED) is 0.905. The van der Waals surface area contributed by atoms with Gasteiger partial charge in [-0.15, -0.1) is 0 Å². The first kappa shape index (κ1) is 13.9. The number of furan rings is 1. The molecule has 0 radical (unpaired) electrons. The van der Waals surface area contributed by atoms with Gasteiger partial charge in [-0.2, -0.15) is 0 Å². The second-order valence-electron chi connectivity index (χ2n) is 5.60. The summed E-state index contributed by atoms with van der Waals surface area (Å²) in [5, 5.41) is 12.4. The standard InChI is InChI=1S/C17H19NO3/c1-11(15-8-9-16(21-15)17(19)20)18-14-7-6-12-4-2-3-5-13(12)10-14/h2-5,8-9,11,14,18H,6-7,10H2,1H3,(H,19,20). The zero-order chi connectivity index (χ0) is 14.8. The number of carboxylic acid groups (broad SMARTS) is 1. The molecule has 2 atom stereocenters. The van der Waals surface area contributed by atoms with Crippen molar-refractivity contribution in [3.8, 4) is 0 Å². The molecule has 110 valence electrons. The van der Waals surface area contributed by atoms with Crippen molar-refractivity contribution in [1.82, 2.24) is 5.32 Å². The molecule has 0 saturated heterocycles. The van der Waals surface area contributed by atoms with E-state index >= 15 is 0 Å². The number of benzene rings is 1. The third kappa shape index (κ3) is 3.00. The van der Waals surface area contributed by atoms with E-state index < -0.39 is 5.97 Å². The number of fused-ring (bicyclic) bond motifs is 1. The predicted octanol–water partition coefficient (Wildman–Crippen LogP) is 3.19. The van der Waals surface area contributed by atoms with Crippen molar-refractivity contribution in [3.05, 3.63) is 59.0 Å². The summed E-state index contributed by atoms with van der Waals surface area (Å²) in [6, 6.07) is 12.2. The van der Waals surface area contributed by atoms with E-state index in [1.807, 2.05) is 6.92 Å². The van der Waals surface area contributed by atoms with Crippen LogP contribution in [-0.4, -0.2) is 17.1 Å². The van der Waals surface area contributed by atoms with Gasteiger partial charge in [-0.3, -0.25) is 0 Å². The summed E-state index contributed by atoms with van der Waals surface area (Å²) in [6.45, 7) is 2.00. The first-order valence-corrected chi connectivity index (χ1v) is 7.29. The normalized spacial score (nSPS) is 19.0. The van der Waals surface area contributed by atoms with Crippen molar-refractivity contribution in [2.24, 2.45) is 0 Å². The second kappa shape index (κ2) is 5.74. The smallest absolute Gasteiger partial charge is 0.371 e. The van der Waals surface area contributed by atoms with Gasteiger partial charge in [0.1, 0.15) is 5.76 Å². The lowest BCUT2D eigenvalue weighted by Gasteiger charge is -2.27. The van der Waals surface area contributed by atoms with Crippen molar-refractivity contribution >= 4 is 5.97 Å². The number of carbonyl (C=O) groups is 1. The van der Waals surface area contributed by atoms with Gasteiger partial charge in [-0.05, 0) is 49.4 Å². The zero-order valence-corrected chi connectivity index (χ0v) is 12.0. The maximum atomic E-state index is 10.9. The Bertz CT molecular complexity index is 647. The molecule has 4 heteroatoms. The van der Waals surface area contributed by atoms with Crippen LogP contribution in [0.1, 0.15) is 46.8 Å². The molecular weight excluding hydrogens is 266 g/mol. The molecule has 0 fully saturated rings. The minimum absolute atomic E-state index is 0.00682. The van der Waals surface area contributed by atoms with Crippen LogP contribution in [0.15, 0.2) is 40.8 Å². The van der Waals surface area contributed by atoms with Crippen molar-refractivity contribution < 1.29 is 14.3 Å². The maximum Gasteiger partial charge on any atom is 0.371 e. The molecule has 0 spiro atoms. The summed E-state index contributed by atoms with van der Waals surface area (Å²) >= 11 is 0. The Hall–Kier alpha value is -2.07. The van der Waals surface area contributed by atoms with Crippen LogP contribution in [0, 0.1) is 0 Å². The Morgan fingerprint density at radius 3 is 2.76 bits per heavy atom. The Balaban J connectivity index is 1.65. The molecule has 1 aromatic heterocycles. The van der Waals surface area contributed by atoms with Crippen LogP contribution >= 0.6 is 0 Å². The number of hydrogen-bond donors (Lipinski definition) is 2. The number of nitrogens with one attached hydrogen (secondary N) is 1. The predicted molar refractivity (Wildman–Crippen MR) is 79.5 cm³/mol. The summed E-state index contributed by atoms with van der Waals surface area (Å²) < 4.78 is 5.36. The summed E-state index contributed by atoms with van der Waals surface area (Å²) in [6.07, 6.45) is 3.18. The zero-order valence-electron chi connectivity index (χ0n) is 12.0. The van der Waals surface area contributed by atoms with E-state index in [0.29, 0.717) is 11.8 Å². The lowest BCUT2D eigenvalue weighted by molar-refractivity contribution is 0.0659. The molecule has 0 aliphatic heterocycles. The van der Waals surface area contributed by atoms with E-state index in [4.69, 9.17) is 9.52 Å². The first-order chi connectivity index (χ1) is 10.1. The third-order valence-corrected chi connectivity index (χ3v) is 4.10. The molecule has 0 amide bonds. The molecule has 0 saturated carbocycles. The van der Waals surface area contributed by atoms with E-state index in [1.165, 1.54) is 17.2 Å². The molecule has 21 heavy (non-hydrogen) atoms. The molecular formula is C17H19NO3. The fourth-order valence-electron chi connectivity index (χ4n) is 2.98. The van der Waals surface area contributed by atoms with Gasteiger partial charge in [0.15, 0.2) is 0 Å². The average molecular weight is 285 g/mol. The Morgan fingerprint density at radius 2 is 2.05 bits per heavy atom. The van der Waals surface area contributed by atoms with Crippen molar-refractivity contribution in [2.45, 2.75) is 38.3 Å². The highest BCUT2D eigenvalue weighted by atomic mass is 16.4. The summed E-state index contributed by atoms with van der Waals surface area (Å²) in [4.78, 5) is 10.9. The van der Waals surface area contributed by atoms with E-state index in [-0.39, 0.29) is 11.8 Å². The van der Waals surface area contributed by atoms with Crippen LogP contribution in [0.25, 0.3) is 0 Å². The van der Waals surface area contributed by atoms with Gasteiger partial charge < -0.3 is 14.8 Å². The van der Waals surface area contributed by atoms with Gasteiger partial charge >= 0.3 is 5.97 Å². The summed E-state index contributed by atoms with van der Waals surface area (Å²) in [5.74, 6) is -0.362. The highest BCUT2D eigenvalue weighted by Gasteiger charge is 2.21. The molecule has 2 unspecified atom stereocenters. The lowest BCUT2D eigenvalue weighted by Crippen LogP contribution is -2.36. The van der Waals surface area contributed by atoms with Crippen LogP contribution in [-0.2, 0) is 12.8 Å². The number of aryl methyl sites for hydroxylation is 1. The fourth-order valence-corrected chi connectivity index (χ4v) is 2.98. The lowest BCUT2D eigenvalue weighted by atomic mass is 9.88. The highest BCUT2D eigenvalue weighted by molar-refractivity contribution is 5.84. The van der Waals surface area contributed by atoms with Gasteiger partial charge in [-0.25, -0.2) is 4.79 Å². The number of hydrogen-bond acceptors (Lipinski definition) is 3. The van der Waals surface area contributed by atoms with Crippen LogP contribution in [0.2, 0.25) is 0 Å². The Morgan fingerprint density at radius 1 is 1.29 bits per heavy atom. The van der Waals surface area contributed by atoms with E-state index in [2.05, 4.69) is 29.6 Å². The van der Waals surface area contributed by atoms with E-state index in [1.54, 1.807) is 6.07 Å². The number of aromatic carboxylic acids is 1. The molecule has 1 aromatic carbocycles. The van der Waals surface area contributed by atoms with Gasteiger partial charge in [0, 0.05) is 6.04 Å². The average Bonchev–Trinajstić information content (AvgIpc) is 2.97. The largest absolute Gasteiger partial charge is 0.475 e. The molecule has 1 aliphatic carbocycles. The second-order valence-corrected chi connectivity index (χ2v) is 5.60. The van der Waals surface area contributed by atoms with Crippen LogP contribution in [0.3, 0.4) is 0 Å². The molecule has 0 bridgehead atoms. The maximum absolute atomic E-state index is 10.9. The van der Waals surface area contributed by atoms with Gasteiger partial charge in [-0.1, -0.05) is 24.3 Å². The molecule has 1 heterocycles. The van der Waals surface area contributed by atoms with Crippen LogP contribution in [0.4, 0.5) is 0 Å². The number of rotatable bonds is 4. The van der Waals surface area contributed by atoms with Crippen molar-refractivity contribution in [3.63, 3.8) is 0 Å². The van der Waals surface area contributed by atoms with Crippen molar-refractivity contribution in [2.75, 3.05) is 0 Å². The van der Waals surface area contributed by atoms with E-state index in [0.717, 1.165) is 19.3 Å². The molecule has 2 N–H and O–H groups in total. The number of carboxylic acids is 1. The van der Waals surface area contributed by atoms with Gasteiger partial charge in [0.25, 0.3) is 0 Å². The minimum Gasteiger partial charge on any atom is -0.475 e. The van der Waals surface area contributed by atoms with E-state index in [9.17, 15) is 4.79 Å². The Labute approximate surface area is 123 Å². The molecule has 2 aromatic rings.